The Kier molecular flexibility index (Phi) is 3.66. The summed E-state index contributed by atoms with van der Waals surface area (Å²) in [5.74, 6) is -0.237. The topological polar surface area (TPSA) is 49.4 Å². The summed E-state index contributed by atoms with van der Waals surface area (Å²) in [6.45, 7) is 1.96. The molecule has 2 aromatic rings. The molecule has 1 heterocycles. The first kappa shape index (κ1) is 13.7. The van der Waals surface area contributed by atoms with E-state index in [0.29, 0.717) is 5.69 Å². The maximum absolute atomic E-state index is 12.5. The van der Waals surface area contributed by atoms with Gasteiger partial charge in [-0.05, 0) is 42.4 Å². The fourth-order valence-corrected chi connectivity index (χ4v) is 3.08. The zero-order chi connectivity index (χ0) is 14.8. The number of benzene rings is 2. The number of hydrogen-bond acceptors (Lipinski definition) is 4. The van der Waals surface area contributed by atoms with Crippen LogP contribution in [-0.4, -0.2) is 16.5 Å². The number of hydrogen-bond donors (Lipinski definition) is 1. The number of rotatable bonds is 3. The van der Waals surface area contributed by atoms with Gasteiger partial charge in [-0.1, -0.05) is 36.4 Å². The van der Waals surface area contributed by atoms with Gasteiger partial charge < -0.3 is 5.32 Å². The fourth-order valence-electron chi connectivity index (χ4n) is 2.19. The lowest BCUT2D eigenvalue weighted by Gasteiger charge is -2.15. The molecule has 1 saturated heterocycles. The SMILES string of the molecule is Cc1ccccc1N[C@H]1SC(=O)N(c2ccccc2)C1=O. The number of anilines is 2. The predicted molar refractivity (Wildman–Crippen MR) is 85.5 cm³/mol. The Labute approximate surface area is 127 Å². The van der Waals surface area contributed by atoms with Crippen LogP contribution < -0.4 is 10.2 Å². The molecule has 106 valence electrons. The van der Waals surface area contributed by atoms with E-state index in [0.717, 1.165) is 23.0 Å². The number of imide groups is 1. The lowest BCUT2D eigenvalue weighted by molar-refractivity contribution is -0.116. The molecule has 0 radical (unpaired) electrons. The highest BCUT2D eigenvalue weighted by Crippen LogP contribution is 2.32. The molecule has 3 rings (SSSR count). The molecule has 1 aliphatic rings. The van der Waals surface area contributed by atoms with Crippen molar-refractivity contribution in [1.29, 1.82) is 0 Å². The van der Waals surface area contributed by atoms with Crippen LogP contribution in [0.5, 0.6) is 0 Å². The van der Waals surface area contributed by atoms with E-state index in [-0.39, 0.29) is 11.1 Å². The Hall–Kier alpha value is -2.27. The molecule has 5 heteroatoms. The van der Waals surface area contributed by atoms with Crippen LogP contribution >= 0.6 is 11.8 Å². The molecule has 1 aliphatic heterocycles. The predicted octanol–water partition coefficient (Wildman–Crippen LogP) is 3.63. The number of thioether (sulfide) groups is 1. The van der Waals surface area contributed by atoms with Crippen LogP contribution in [0.4, 0.5) is 16.2 Å². The highest BCUT2D eigenvalue weighted by Gasteiger charge is 2.40. The van der Waals surface area contributed by atoms with Gasteiger partial charge in [-0.2, -0.15) is 0 Å². The van der Waals surface area contributed by atoms with Crippen LogP contribution in [0.1, 0.15) is 5.56 Å². The first-order chi connectivity index (χ1) is 10.2. The van der Waals surface area contributed by atoms with Gasteiger partial charge >= 0.3 is 0 Å². The lowest BCUT2D eigenvalue weighted by atomic mass is 10.2. The highest BCUT2D eigenvalue weighted by molar-refractivity contribution is 8.16. The van der Waals surface area contributed by atoms with Crippen LogP contribution in [-0.2, 0) is 4.79 Å². The molecule has 2 amide bonds. The minimum atomic E-state index is -0.584. The molecule has 1 atom stereocenters. The Bertz CT molecular complexity index is 688. The number of carbonyl (C=O) groups excluding carboxylic acids is 2. The highest BCUT2D eigenvalue weighted by atomic mass is 32.2. The van der Waals surface area contributed by atoms with Crippen molar-refractivity contribution in [2.75, 3.05) is 10.2 Å². The summed E-state index contributed by atoms with van der Waals surface area (Å²) < 4.78 is 0. The van der Waals surface area contributed by atoms with Gasteiger partial charge in [0.2, 0.25) is 0 Å². The summed E-state index contributed by atoms with van der Waals surface area (Å²) in [7, 11) is 0. The molecule has 0 spiro atoms. The third kappa shape index (κ3) is 2.64. The number of nitrogens with one attached hydrogen (secondary N) is 1. The van der Waals surface area contributed by atoms with Gasteiger partial charge in [0.25, 0.3) is 11.1 Å². The second-order valence-corrected chi connectivity index (χ2v) is 5.79. The second kappa shape index (κ2) is 5.61. The van der Waals surface area contributed by atoms with Gasteiger partial charge in [0.1, 0.15) is 0 Å². The minimum absolute atomic E-state index is 0.237. The average molecular weight is 298 g/mol. The van der Waals surface area contributed by atoms with Gasteiger partial charge in [-0.3, -0.25) is 9.59 Å². The quantitative estimate of drug-likeness (QED) is 0.940. The van der Waals surface area contributed by atoms with Crippen LogP contribution in [0.3, 0.4) is 0 Å². The van der Waals surface area contributed by atoms with Crippen LogP contribution in [0.2, 0.25) is 0 Å². The van der Waals surface area contributed by atoms with Gasteiger partial charge in [0, 0.05) is 5.69 Å². The van der Waals surface area contributed by atoms with Crippen LogP contribution in [0.25, 0.3) is 0 Å². The molecule has 0 aliphatic carbocycles. The molecule has 1 N–H and O–H groups in total. The molecule has 4 nitrogen and oxygen atoms in total. The van der Waals surface area contributed by atoms with Crippen molar-refractivity contribution in [3.63, 3.8) is 0 Å². The summed E-state index contributed by atoms with van der Waals surface area (Å²) >= 11 is 1.01. The van der Waals surface area contributed by atoms with Crippen molar-refractivity contribution >= 4 is 34.3 Å². The van der Waals surface area contributed by atoms with E-state index in [4.69, 9.17) is 0 Å². The molecule has 1 fully saturated rings. The summed E-state index contributed by atoms with van der Waals surface area (Å²) in [4.78, 5) is 25.8. The number of para-hydroxylation sites is 2. The molecule has 0 unspecified atom stereocenters. The van der Waals surface area contributed by atoms with E-state index >= 15 is 0 Å². The lowest BCUT2D eigenvalue weighted by Crippen LogP contribution is -2.34. The van der Waals surface area contributed by atoms with Crippen molar-refractivity contribution in [2.45, 2.75) is 12.3 Å². The third-order valence-corrected chi connectivity index (χ3v) is 4.23. The molecule has 21 heavy (non-hydrogen) atoms. The zero-order valence-electron chi connectivity index (χ0n) is 11.4. The van der Waals surface area contributed by atoms with Gasteiger partial charge in [0.05, 0.1) is 5.69 Å². The molecule has 0 saturated carbocycles. The maximum atomic E-state index is 12.5. The average Bonchev–Trinajstić information content (AvgIpc) is 2.77. The Balaban J connectivity index is 1.83. The Morgan fingerprint density at radius 1 is 1.00 bits per heavy atom. The fraction of sp³-hybridized carbons (Fsp3) is 0.125. The summed E-state index contributed by atoms with van der Waals surface area (Å²) in [5, 5.41) is 2.30. The number of aryl methyl sites for hydroxylation is 1. The smallest absolute Gasteiger partial charge is 0.295 e. The van der Waals surface area contributed by atoms with Gasteiger partial charge in [0.15, 0.2) is 5.37 Å². The molecular formula is C16H14N2O2S. The number of carbonyl (C=O) groups is 2. The van der Waals surface area contributed by atoms with Crippen molar-refractivity contribution in [3.05, 3.63) is 60.2 Å². The van der Waals surface area contributed by atoms with Crippen molar-refractivity contribution in [1.82, 2.24) is 0 Å². The van der Waals surface area contributed by atoms with Crippen LogP contribution in [0.15, 0.2) is 54.6 Å². The van der Waals surface area contributed by atoms with E-state index in [1.165, 1.54) is 4.90 Å². The standard InChI is InChI=1S/C16H14N2O2S/c1-11-7-5-6-10-13(11)17-14-15(19)18(16(20)21-14)12-8-3-2-4-9-12/h2-10,14,17H,1H3/t14-/m0/s1. The van der Waals surface area contributed by atoms with Crippen molar-refractivity contribution in [2.24, 2.45) is 0 Å². The van der Waals surface area contributed by atoms with Crippen LogP contribution in [0, 0.1) is 6.92 Å². The van der Waals surface area contributed by atoms with E-state index in [1.54, 1.807) is 12.1 Å². The molecule has 2 aromatic carbocycles. The Morgan fingerprint density at radius 2 is 1.67 bits per heavy atom. The van der Waals surface area contributed by atoms with E-state index < -0.39 is 5.37 Å². The number of amides is 2. The summed E-state index contributed by atoms with van der Waals surface area (Å²) in [5.41, 5.74) is 2.51. The monoisotopic (exact) mass is 298 g/mol. The second-order valence-electron chi connectivity index (χ2n) is 4.73. The maximum Gasteiger partial charge on any atom is 0.295 e. The van der Waals surface area contributed by atoms with E-state index in [9.17, 15) is 9.59 Å². The number of nitrogens with zero attached hydrogens (tertiary/aromatic N) is 1. The van der Waals surface area contributed by atoms with Crippen molar-refractivity contribution in [3.8, 4) is 0 Å². The van der Waals surface area contributed by atoms with Gasteiger partial charge in [-0.15, -0.1) is 0 Å². The first-order valence-corrected chi connectivity index (χ1v) is 7.46. The summed E-state index contributed by atoms with van der Waals surface area (Å²) in [6.07, 6.45) is 0. The third-order valence-electron chi connectivity index (χ3n) is 3.29. The molecule has 0 bridgehead atoms. The first-order valence-electron chi connectivity index (χ1n) is 6.58. The zero-order valence-corrected chi connectivity index (χ0v) is 12.3. The largest absolute Gasteiger partial charge is 0.365 e. The molecule has 0 aromatic heterocycles. The van der Waals surface area contributed by atoms with E-state index in [1.807, 2.05) is 49.4 Å². The van der Waals surface area contributed by atoms with Gasteiger partial charge in [-0.25, -0.2) is 4.90 Å². The minimum Gasteiger partial charge on any atom is -0.365 e. The molecular weight excluding hydrogens is 284 g/mol. The Morgan fingerprint density at radius 3 is 2.38 bits per heavy atom. The van der Waals surface area contributed by atoms with Crippen molar-refractivity contribution < 1.29 is 9.59 Å². The normalized spacial score (nSPS) is 18.1. The summed E-state index contributed by atoms with van der Waals surface area (Å²) in [6, 6.07) is 16.7. The van der Waals surface area contributed by atoms with E-state index in [2.05, 4.69) is 5.32 Å².